The number of aromatic nitrogens is 4. The van der Waals surface area contributed by atoms with Crippen molar-refractivity contribution in [3.8, 4) is 5.69 Å². The Kier molecular flexibility index (Phi) is 3.96. The Morgan fingerprint density at radius 2 is 2.09 bits per heavy atom. The summed E-state index contributed by atoms with van der Waals surface area (Å²) in [4.78, 5) is 16.2. The van der Waals surface area contributed by atoms with Gasteiger partial charge in [0.15, 0.2) is 5.78 Å². The number of hydrogen-bond acceptors (Lipinski definition) is 3. The standard InChI is InChI=1S/C17H16N4O/c1-2-21-12-14(11-19-21)3-8-17(22)15-4-6-16(7-5-15)20-10-9-18-13-20/h3-13H,2H2,1H3/b8-3+. The van der Waals surface area contributed by atoms with Gasteiger partial charge >= 0.3 is 0 Å². The second-order valence-electron chi connectivity index (χ2n) is 4.84. The van der Waals surface area contributed by atoms with E-state index in [-0.39, 0.29) is 5.78 Å². The molecule has 0 atom stereocenters. The van der Waals surface area contributed by atoms with E-state index in [1.165, 1.54) is 0 Å². The van der Waals surface area contributed by atoms with Gasteiger partial charge in [-0.25, -0.2) is 4.98 Å². The van der Waals surface area contributed by atoms with Crippen LogP contribution in [0.15, 0.2) is 61.5 Å². The highest BCUT2D eigenvalue weighted by Gasteiger charge is 2.03. The molecule has 0 amide bonds. The summed E-state index contributed by atoms with van der Waals surface area (Å²) >= 11 is 0. The lowest BCUT2D eigenvalue weighted by Crippen LogP contribution is -1.96. The normalized spacial score (nSPS) is 11.1. The van der Waals surface area contributed by atoms with E-state index in [0.717, 1.165) is 17.8 Å². The Morgan fingerprint density at radius 3 is 2.73 bits per heavy atom. The van der Waals surface area contributed by atoms with Crippen molar-refractivity contribution in [3.05, 3.63) is 72.6 Å². The summed E-state index contributed by atoms with van der Waals surface area (Å²) in [5.74, 6) is -0.0265. The molecule has 0 fully saturated rings. The Morgan fingerprint density at radius 1 is 1.27 bits per heavy atom. The van der Waals surface area contributed by atoms with Crippen LogP contribution in [0.4, 0.5) is 0 Å². The molecule has 0 unspecified atom stereocenters. The van der Waals surface area contributed by atoms with Gasteiger partial charge in [0.1, 0.15) is 0 Å². The van der Waals surface area contributed by atoms with Crippen LogP contribution in [0, 0.1) is 0 Å². The molecule has 0 aliphatic heterocycles. The molecule has 110 valence electrons. The molecule has 0 aliphatic rings. The summed E-state index contributed by atoms with van der Waals surface area (Å²) in [5, 5.41) is 4.17. The quantitative estimate of drug-likeness (QED) is 0.536. The van der Waals surface area contributed by atoms with Gasteiger partial charge in [-0.3, -0.25) is 9.48 Å². The lowest BCUT2D eigenvalue weighted by Gasteiger charge is -2.02. The largest absolute Gasteiger partial charge is 0.306 e. The fourth-order valence-electron chi connectivity index (χ4n) is 2.12. The van der Waals surface area contributed by atoms with Gasteiger partial charge in [0.25, 0.3) is 0 Å². The van der Waals surface area contributed by atoms with E-state index in [2.05, 4.69) is 10.1 Å². The third-order valence-corrected chi connectivity index (χ3v) is 3.36. The molecule has 3 rings (SSSR count). The maximum Gasteiger partial charge on any atom is 0.185 e. The predicted octanol–water partition coefficient (Wildman–Crippen LogP) is 2.98. The first-order chi connectivity index (χ1) is 10.8. The van der Waals surface area contributed by atoms with E-state index in [4.69, 9.17) is 0 Å². The lowest BCUT2D eigenvalue weighted by atomic mass is 10.1. The smallest absolute Gasteiger partial charge is 0.185 e. The number of hydrogen-bond donors (Lipinski definition) is 0. The summed E-state index contributed by atoms with van der Waals surface area (Å²) in [6, 6.07) is 7.44. The van der Waals surface area contributed by atoms with Crippen LogP contribution < -0.4 is 0 Å². The number of carbonyl (C=O) groups is 1. The number of nitrogens with zero attached hydrogens (tertiary/aromatic N) is 4. The SMILES string of the molecule is CCn1cc(/C=C/C(=O)c2ccc(-n3ccnc3)cc2)cn1. The number of aryl methyl sites for hydroxylation is 1. The average Bonchev–Trinajstić information content (AvgIpc) is 3.24. The second kappa shape index (κ2) is 6.22. The van der Waals surface area contributed by atoms with Crippen molar-refractivity contribution >= 4 is 11.9 Å². The minimum atomic E-state index is -0.0265. The summed E-state index contributed by atoms with van der Waals surface area (Å²) < 4.78 is 3.72. The van der Waals surface area contributed by atoms with Crippen molar-refractivity contribution < 1.29 is 4.79 Å². The molecule has 5 heteroatoms. The van der Waals surface area contributed by atoms with Crippen molar-refractivity contribution in [3.63, 3.8) is 0 Å². The molecular weight excluding hydrogens is 276 g/mol. The monoisotopic (exact) mass is 292 g/mol. The van der Waals surface area contributed by atoms with Gasteiger partial charge in [-0.1, -0.05) is 0 Å². The molecule has 5 nitrogen and oxygen atoms in total. The van der Waals surface area contributed by atoms with Crippen LogP contribution in [0.3, 0.4) is 0 Å². The maximum atomic E-state index is 12.2. The molecule has 0 saturated carbocycles. The summed E-state index contributed by atoms with van der Waals surface area (Å²) in [5.41, 5.74) is 2.55. The van der Waals surface area contributed by atoms with Gasteiger partial charge in [0.05, 0.1) is 12.5 Å². The molecular formula is C17H16N4O. The van der Waals surface area contributed by atoms with E-state index in [1.807, 2.05) is 52.8 Å². The van der Waals surface area contributed by atoms with Crippen LogP contribution in [-0.4, -0.2) is 25.1 Å². The molecule has 0 aliphatic carbocycles. The van der Waals surface area contributed by atoms with Gasteiger partial charge in [0.2, 0.25) is 0 Å². The molecule has 2 heterocycles. The Labute approximate surface area is 128 Å². The van der Waals surface area contributed by atoms with E-state index in [1.54, 1.807) is 30.9 Å². The number of carbonyl (C=O) groups excluding carboxylic acids is 1. The first kappa shape index (κ1) is 14.0. The molecule has 0 radical (unpaired) electrons. The Bertz CT molecular complexity index is 782. The highest BCUT2D eigenvalue weighted by Crippen LogP contribution is 2.11. The fraction of sp³-hybridized carbons (Fsp3) is 0.118. The van der Waals surface area contributed by atoms with E-state index in [0.29, 0.717) is 5.56 Å². The summed E-state index contributed by atoms with van der Waals surface area (Å²) in [6.07, 6.45) is 12.3. The highest BCUT2D eigenvalue weighted by molar-refractivity contribution is 6.06. The van der Waals surface area contributed by atoms with Gasteiger partial charge < -0.3 is 4.57 Å². The van der Waals surface area contributed by atoms with Crippen molar-refractivity contribution in [1.82, 2.24) is 19.3 Å². The van der Waals surface area contributed by atoms with Gasteiger partial charge in [0, 0.05) is 41.9 Å². The zero-order valence-electron chi connectivity index (χ0n) is 12.3. The molecule has 0 N–H and O–H groups in total. The van der Waals surface area contributed by atoms with Crippen molar-refractivity contribution in [2.75, 3.05) is 0 Å². The van der Waals surface area contributed by atoms with Crippen molar-refractivity contribution in [1.29, 1.82) is 0 Å². The predicted molar refractivity (Wildman–Crippen MR) is 84.8 cm³/mol. The minimum Gasteiger partial charge on any atom is -0.306 e. The highest BCUT2D eigenvalue weighted by atomic mass is 16.1. The molecule has 0 bridgehead atoms. The van der Waals surface area contributed by atoms with Crippen LogP contribution in [0.25, 0.3) is 11.8 Å². The van der Waals surface area contributed by atoms with E-state index in [9.17, 15) is 4.79 Å². The second-order valence-corrected chi connectivity index (χ2v) is 4.84. The third kappa shape index (κ3) is 3.03. The number of ketones is 1. The lowest BCUT2D eigenvalue weighted by molar-refractivity contribution is 0.104. The first-order valence-electron chi connectivity index (χ1n) is 7.09. The average molecular weight is 292 g/mol. The Hall–Kier alpha value is -2.95. The van der Waals surface area contributed by atoms with Crippen LogP contribution in [0.1, 0.15) is 22.8 Å². The number of allylic oxidation sites excluding steroid dienone is 1. The van der Waals surface area contributed by atoms with Gasteiger partial charge in [-0.2, -0.15) is 5.10 Å². The van der Waals surface area contributed by atoms with Crippen molar-refractivity contribution in [2.45, 2.75) is 13.5 Å². The summed E-state index contributed by atoms with van der Waals surface area (Å²) in [7, 11) is 0. The van der Waals surface area contributed by atoms with E-state index >= 15 is 0 Å². The van der Waals surface area contributed by atoms with Crippen LogP contribution >= 0.6 is 0 Å². The maximum absolute atomic E-state index is 12.2. The molecule has 2 aromatic heterocycles. The molecule has 1 aromatic carbocycles. The molecule has 3 aromatic rings. The zero-order chi connectivity index (χ0) is 15.4. The van der Waals surface area contributed by atoms with E-state index < -0.39 is 0 Å². The van der Waals surface area contributed by atoms with Crippen LogP contribution in [0.2, 0.25) is 0 Å². The Balaban J connectivity index is 1.72. The number of rotatable bonds is 5. The number of imidazole rings is 1. The summed E-state index contributed by atoms with van der Waals surface area (Å²) in [6.45, 7) is 2.84. The zero-order valence-corrected chi connectivity index (χ0v) is 12.3. The minimum absolute atomic E-state index is 0.0265. The van der Waals surface area contributed by atoms with Crippen molar-refractivity contribution in [2.24, 2.45) is 0 Å². The fourth-order valence-corrected chi connectivity index (χ4v) is 2.12. The van der Waals surface area contributed by atoms with Crippen LogP contribution in [0.5, 0.6) is 0 Å². The van der Waals surface area contributed by atoms with Gasteiger partial charge in [-0.05, 0) is 43.3 Å². The van der Waals surface area contributed by atoms with Crippen LogP contribution in [-0.2, 0) is 6.54 Å². The topological polar surface area (TPSA) is 52.7 Å². The molecule has 0 spiro atoms. The molecule has 22 heavy (non-hydrogen) atoms. The van der Waals surface area contributed by atoms with Gasteiger partial charge in [-0.15, -0.1) is 0 Å². The first-order valence-corrected chi connectivity index (χ1v) is 7.09. The number of benzene rings is 1. The third-order valence-electron chi connectivity index (χ3n) is 3.36. The molecule has 0 saturated heterocycles.